The fourth-order valence-corrected chi connectivity index (χ4v) is 3.35. The van der Waals surface area contributed by atoms with Crippen molar-refractivity contribution in [3.8, 4) is 0 Å². The van der Waals surface area contributed by atoms with Crippen molar-refractivity contribution in [1.82, 2.24) is 5.32 Å². The highest BCUT2D eigenvalue weighted by Gasteiger charge is 2.17. The number of sulfone groups is 1. The molecule has 0 bridgehead atoms. The first-order chi connectivity index (χ1) is 9.93. The van der Waals surface area contributed by atoms with Gasteiger partial charge in [0.25, 0.3) is 5.91 Å². The van der Waals surface area contributed by atoms with Crippen LogP contribution in [-0.2, 0) is 9.84 Å². The van der Waals surface area contributed by atoms with Crippen LogP contribution in [0.2, 0.25) is 0 Å². The minimum atomic E-state index is -3.10. The normalized spacial score (nSPS) is 13.0. The lowest BCUT2D eigenvalue weighted by Gasteiger charge is -2.14. The monoisotopic (exact) mass is 305 g/mol. The van der Waals surface area contributed by atoms with Crippen molar-refractivity contribution in [2.24, 2.45) is 0 Å². The second-order valence-corrected chi connectivity index (χ2v) is 7.50. The van der Waals surface area contributed by atoms with Crippen molar-refractivity contribution in [3.05, 3.63) is 48.0 Å². The summed E-state index contributed by atoms with van der Waals surface area (Å²) in [5.41, 5.74) is 0.564. The molecule has 4 nitrogen and oxygen atoms in total. The van der Waals surface area contributed by atoms with E-state index in [0.717, 1.165) is 10.8 Å². The van der Waals surface area contributed by atoms with Crippen LogP contribution < -0.4 is 5.32 Å². The first-order valence-corrected chi connectivity index (χ1v) is 8.74. The number of fused-ring (bicyclic) bond motifs is 1. The molecule has 0 aliphatic rings. The molecule has 1 atom stereocenters. The van der Waals surface area contributed by atoms with Crippen LogP contribution in [0.3, 0.4) is 0 Å². The van der Waals surface area contributed by atoms with Crippen molar-refractivity contribution in [2.45, 2.75) is 19.9 Å². The van der Waals surface area contributed by atoms with Crippen molar-refractivity contribution in [2.75, 3.05) is 11.5 Å². The average Bonchev–Trinajstić information content (AvgIpc) is 2.46. The van der Waals surface area contributed by atoms with Crippen LogP contribution in [-0.4, -0.2) is 31.9 Å². The number of amides is 1. The van der Waals surface area contributed by atoms with Crippen LogP contribution >= 0.6 is 0 Å². The third kappa shape index (κ3) is 3.82. The number of carbonyl (C=O) groups excluding carboxylic acids is 1. The van der Waals surface area contributed by atoms with Gasteiger partial charge in [0.1, 0.15) is 0 Å². The van der Waals surface area contributed by atoms with Crippen molar-refractivity contribution >= 4 is 26.5 Å². The summed E-state index contributed by atoms with van der Waals surface area (Å²) in [6.45, 7) is 3.31. The predicted octanol–water partition coefficient (Wildman–Crippen LogP) is 2.39. The predicted molar refractivity (Wildman–Crippen MR) is 85.2 cm³/mol. The molecule has 1 amide bonds. The van der Waals surface area contributed by atoms with E-state index in [1.54, 1.807) is 19.9 Å². The highest BCUT2D eigenvalue weighted by molar-refractivity contribution is 7.91. The maximum atomic E-state index is 12.3. The summed E-state index contributed by atoms with van der Waals surface area (Å²) in [5, 5.41) is 4.61. The molecule has 0 saturated heterocycles. The molecule has 0 radical (unpaired) electrons. The lowest BCUT2D eigenvalue weighted by Crippen LogP contribution is -2.38. The first-order valence-electron chi connectivity index (χ1n) is 6.92. The topological polar surface area (TPSA) is 63.2 Å². The van der Waals surface area contributed by atoms with E-state index in [9.17, 15) is 13.2 Å². The third-order valence-corrected chi connectivity index (χ3v) is 5.24. The van der Waals surface area contributed by atoms with Gasteiger partial charge >= 0.3 is 0 Å². The summed E-state index contributed by atoms with van der Waals surface area (Å²) >= 11 is 0. The van der Waals surface area contributed by atoms with E-state index in [2.05, 4.69) is 5.32 Å². The Kier molecular flexibility index (Phi) is 4.63. The molecular weight excluding hydrogens is 286 g/mol. The van der Waals surface area contributed by atoms with Crippen molar-refractivity contribution in [1.29, 1.82) is 0 Å². The third-order valence-electron chi connectivity index (χ3n) is 3.36. The zero-order valence-electron chi connectivity index (χ0n) is 12.2. The lowest BCUT2D eigenvalue weighted by molar-refractivity contribution is 0.0945. The molecule has 2 aromatic rings. The first kappa shape index (κ1) is 15.5. The van der Waals surface area contributed by atoms with Crippen LogP contribution in [0.25, 0.3) is 10.8 Å². The van der Waals surface area contributed by atoms with Gasteiger partial charge in [-0.05, 0) is 23.8 Å². The Bertz CT molecular complexity index is 748. The Morgan fingerprint density at radius 2 is 1.81 bits per heavy atom. The number of hydrogen-bond acceptors (Lipinski definition) is 3. The SMILES string of the molecule is CCS(=O)(=O)CC(C)NC(=O)c1cccc2ccccc12. The standard InChI is InChI=1S/C16H19NO3S/c1-3-21(19,20)11-12(2)17-16(18)15-10-6-8-13-7-4-5-9-14(13)15/h4-10,12H,3,11H2,1-2H3,(H,17,18). The number of rotatable bonds is 5. The molecule has 2 rings (SSSR count). The minimum absolute atomic E-state index is 0.0417. The maximum Gasteiger partial charge on any atom is 0.252 e. The Labute approximate surface area is 125 Å². The number of hydrogen-bond donors (Lipinski definition) is 1. The summed E-state index contributed by atoms with van der Waals surface area (Å²) in [4.78, 5) is 12.3. The molecule has 0 saturated carbocycles. The molecule has 0 spiro atoms. The van der Waals surface area contributed by atoms with E-state index in [1.165, 1.54) is 0 Å². The van der Waals surface area contributed by atoms with Gasteiger partial charge in [0.2, 0.25) is 0 Å². The largest absolute Gasteiger partial charge is 0.349 e. The van der Waals surface area contributed by atoms with Gasteiger partial charge in [-0.1, -0.05) is 43.3 Å². The fourth-order valence-electron chi connectivity index (χ4n) is 2.27. The van der Waals surface area contributed by atoms with Crippen LogP contribution in [0, 0.1) is 0 Å². The molecule has 5 heteroatoms. The van der Waals surface area contributed by atoms with Gasteiger partial charge in [-0.25, -0.2) is 8.42 Å². The number of carbonyl (C=O) groups is 1. The van der Waals surface area contributed by atoms with Crippen LogP contribution in [0.15, 0.2) is 42.5 Å². The molecule has 1 N–H and O–H groups in total. The maximum absolute atomic E-state index is 12.3. The molecule has 1 unspecified atom stereocenters. The Balaban J connectivity index is 2.20. The van der Waals surface area contributed by atoms with Gasteiger partial charge < -0.3 is 5.32 Å². The Hall–Kier alpha value is -1.88. The second kappa shape index (κ2) is 6.26. The van der Waals surface area contributed by atoms with E-state index in [-0.39, 0.29) is 17.4 Å². The molecular formula is C16H19NO3S. The van der Waals surface area contributed by atoms with E-state index in [1.807, 2.05) is 36.4 Å². The molecule has 112 valence electrons. The molecule has 0 aliphatic heterocycles. The molecule has 0 heterocycles. The van der Waals surface area contributed by atoms with Gasteiger partial charge in [-0.15, -0.1) is 0 Å². The minimum Gasteiger partial charge on any atom is -0.349 e. The molecule has 0 fully saturated rings. The number of nitrogens with one attached hydrogen (secondary N) is 1. The van der Waals surface area contributed by atoms with Crippen LogP contribution in [0.1, 0.15) is 24.2 Å². The highest BCUT2D eigenvalue weighted by Crippen LogP contribution is 2.18. The number of benzene rings is 2. The van der Waals surface area contributed by atoms with Crippen LogP contribution in [0.5, 0.6) is 0 Å². The summed E-state index contributed by atoms with van der Waals surface area (Å²) in [6, 6.07) is 12.7. The molecule has 0 aliphatic carbocycles. The Morgan fingerprint density at radius 3 is 2.52 bits per heavy atom. The summed E-state index contributed by atoms with van der Waals surface area (Å²) < 4.78 is 23.2. The van der Waals surface area contributed by atoms with Gasteiger partial charge in [0.05, 0.1) is 5.75 Å². The van der Waals surface area contributed by atoms with E-state index in [0.29, 0.717) is 5.56 Å². The second-order valence-electron chi connectivity index (χ2n) is 5.10. The lowest BCUT2D eigenvalue weighted by atomic mass is 10.0. The van der Waals surface area contributed by atoms with Gasteiger partial charge in [-0.3, -0.25) is 4.79 Å². The fraction of sp³-hybridized carbons (Fsp3) is 0.312. The zero-order chi connectivity index (χ0) is 15.5. The van der Waals surface area contributed by atoms with Gasteiger partial charge in [-0.2, -0.15) is 0 Å². The van der Waals surface area contributed by atoms with Gasteiger partial charge in [0, 0.05) is 17.4 Å². The Morgan fingerprint density at radius 1 is 1.14 bits per heavy atom. The van der Waals surface area contributed by atoms with Crippen LogP contribution in [0.4, 0.5) is 0 Å². The highest BCUT2D eigenvalue weighted by atomic mass is 32.2. The van der Waals surface area contributed by atoms with Crippen molar-refractivity contribution in [3.63, 3.8) is 0 Å². The zero-order valence-corrected chi connectivity index (χ0v) is 13.0. The van der Waals surface area contributed by atoms with E-state index < -0.39 is 15.9 Å². The van der Waals surface area contributed by atoms with E-state index in [4.69, 9.17) is 0 Å². The smallest absolute Gasteiger partial charge is 0.252 e. The van der Waals surface area contributed by atoms with Crippen molar-refractivity contribution < 1.29 is 13.2 Å². The molecule has 0 aromatic heterocycles. The summed E-state index contributed by atoms with van der Waals surface area (Å²) in [7, 11) is -3.10. The quantitative estimate of drug-likeness (QED) is 0.922. The summed E-state index contributed by atoms with van der Waals surface area (Å²) in [5.74, 6) is -0.202. The van der Waals surface area contributed by atoms with E-state index >= 15 is 0 Å². The molecule has 2 aromatic carbocycles. The summed E-state index contributed by atoms with van der Waals surface area (Å²) in [6.07, 6.45) is 0. The average molecular weight is 305 g/mol. The van der Waals surface area contributed by atoms with Gasteiger partial charge in [0.15, 0.2) is 9.84 Å². The molecule has 21 heavy (non-hydrogen) atoms.